The highest BCUT2D eigenvalue weighted by Gasteiger charge is 2.18. The monoisotopic (exact) mass is 278 g/mol. The van der Waals surface area contributed by atoms with E-state index in [1.165, 1.54) is 0 Å². The van der Waals surface area contributed by atoms with Gasteiger partial charge in [-0.3, -0.25) is 0 Å². The molecule has 0 amide bonds. The van der Waals surface area contributed by atoms with Crippen molar-refractivity contribution in [3.05, 3.63) is 23.6 Å². The Balaban J connectivity index is 3.19. The zero-order valence-corrected chi connectivity index (χ0v) is 12.7. The number of nitrogens with zero attached hydrogens (tertiary/aromatic N) is 2. The lowest BCUT2D eigenvalue weighted by atomic mass is 10.1. The fourth-order valence-corrected chi connectivity index (χ4v) is 1.63. The van der Waals surface area contributed by atoms with Crippen molar-refractivity contribution in [2.24, 2.45) is 4.99 Å². The van der Waals surface area contributed by atoms with E-state index in [4.69, 9.17) is 14.2 Å². The van der Waals surface area contributed by atoms with Crippen molar-refractivity contribution in [2.75, 3.05) is 7.11 Å². The predicted octanol–water partition coefficient (Wildman–Crippen LogP) is 2.94. The maximum Gasteiger partial charge on any atom is 0.231 e. The van der Waals surface area contributed by atoms with E-state index < -0.39 is 0 Å². The molecule has 5 nitrogen and oxygen atoms in total. The van der Waals surface area contributed by atoms with Gasteiger partial charge in [0.1, 0.15) is 6.07 Å². The summed E-state index contributed by atoms with van der Waals surface area (Å²) in [5.41, 5.74) is 0.458. The number of rotatable bonds is 4. The highest BCUT2D eigenvalue weighted by molar-refractivity contribution is 5.88. The average molecular weight is 278 g/mol. The van der Waals surface area contributed by atoms with Gasteiger partial charge in [-0.15, -0.1) is 0 Å². The zero-order valence-electron chi connectivity index (χ0n) is 12.7. The first-order valence-corrected chi connectivity index (χ1v) is 6.72. The largest absolute Gasteiger partial charge is 0.475 e. The molecule has 0 bridgehead atoms. The number of hydrogen-bond donors (Lipinski definition) is 0. The topological polar surface area (TPSA) is 63.8 Å². The lowest BCUT2D eigenvalue weighted by Crippen LogP contribution is -2.17. The van der Waals surface area contributed by atoms with Gasteiger partial charge in [0.15, 0.2) is 0 Å². The summed E-state index contributed by atoms with van der Waals surface area (Å²) in [5, 5.41) is 9.30. The molecule has 1 aliphatic rings. The van der Waals surface area contributed by atoms with E-state index in [2.05, 4.69) is 11.1 Å². The Hall–Kier alpha value is -1.80. The molecule has 1 aliphatic heterocycles. The summed E-state index contributed by atoms with van der Waals surface area (Å²) in [6, 6.07) is 2.14. The van der Waals surface area contributed by atoms with E-state index in [0.29, 0.717) is 23.8 Å². The highest BCUT2D eigenvalue weighted by Crippen LogP contribution is 2.20. The van der Waals surface area contributed by atoms with Crippen molar-refractivity contribution in [2.45, 2.75) is 52.4 Å². The van der Waals surface area contributed by atoms with Crippen LogP contribution in [0.1, 0.15) is 34.1 Å². The minimum atomic E-state index is -0.198. The predicted molar refractivity (Wildman–Crippen MR) is 77.1 cm³/mol. The smallest absolute Gasteiger partial charge is 0.231 e. The Morgan fingerprint density at radius 3 is 2.40 bits per heavy atom. The van der Waals surface area contributed by atoms with Crippen LogP contribution >= 0.6 is 0 Å². The molecule has 0 aromatic carbocycles. The van der Waals surface area contributed by atoms with Crippen molar-refractivity contribution in [3.8, 4) is 6.07 Å². The summed E-state index contributed by atoms with van der Waals surface area (Å²) < 4.78 is 16.6. The van der Waals surface area contributed by atoms with Crippen molar-refractivity contribution < 1.29 is 14.2 Å². The third-order valence-electron chi connectivity index (χ3n) is 2.47. The van der Waals surface area contributed by atoms with Crippen LogP contribution in [0.3, 0.4) is 0 Å². The number of nitriles is 1. The summed E-state index contributed by atoms with van der Waals surface area (Å²) in [6.07, 6.45) is 3.75. The van der Waals surface area contributed by atoms with Gasteiger partial charge in [-0.1, -0.05) is 6.08 Å². The van der Waals surface area contributed by atoms with Crippen molar-refractivity contribution in [1.82, 2.24) is 0 Å². The summed E-state index contributed by atoms with van der Waals surface area (Å²) in [5.74, 6) is 0.731. The fourth-order valence-electron chi connectivity index (χ4n) is 1.63. The molecule has 0 saturated carbocycles. The van der Waals surface area contributed by atoms with Crippen molar-refractivity contribution in [1.29, 1.82) is 5.26 Å². The normalized spacial score (nSPS) is 27.3. The van der Waals surface area contributed by atoms with Crippen LogP contribution in [-0.2, 0) is 14.2 Å². The second kappa shape index (κ2) is 7.71. The molecule has 1 atom stereocenters. The van der Waals surface area contributed by atoms with Crippen LogP contribution in [-0.4, -0.2) is 31.3 Å². The molecule has 0 fully saturated rings. The molecule has 0 aliphatic carbocycles. The second-order valence-electron chi connectivity index (χ2n) is 5.02. The highest BCUT2D eigenvalue weighted by atomic mass is 16.5. The first-order chi connectivity index (χ1) is 9.46. The molecule has 1 rings (SSSR count). The molecule has 0 spiro atoms. The first-order valence-electron chi connectivity index (χ1n) is 6.72. The van der Waals surface area contributed by atoms with Gasteiger partial charge in [-0.25, -0.2) is 0 Å². The Kier molecular flexibility index (Phi) is 6.26. The molecular formula is C15H22N2O3. The molecule has 0 aromatic heterocycles. The molecule has 0 aromatic rings. The van der Waals surface area contributed by atoms with Crippen LogP contribution in [0.4, 0.5) is 0 Å². The molecule has 0 radical (unpaired) electrons. The minimum absolute atomic E-state index is 0.00958. The van der Waals surface area contributed by atoms with Crippen LogP contribution in [0.2, 0.25) is 0 Å². The maximum absolute atomic E-state index is 9.30. The number of methoxy groups -OCH3 is 1. The van der Waals surface area contributed by atoms with Gasteiger partial charge < -0.3 is 14.2 Å². The summed E-state index contributed by atoms with van der Waals surface area (Å²) in [6.45, 7) is 7.62. The standard InChI is InChI=1S/C15H22N2O3/c1-10(2)19-14-7-6-13(18-5)8-12(9-16)15(17-14)20-11(3)4/h6-7,10-11,13H,8H2,1-5H3/b7-6-,15-12-,17-14+. The molecule has 20 heavy (non-hydrogen) atoms. The second-order valence-corrected chi connectivity index (χ2v) is 5.02. The Bertz CT molecular complexity index is 456. The molecule has 5 heteroatoms. The zero-order chi connectivity index (χ0) is 15.1. The number of hydrogen-bond acceptors (Lipinski definition) is 5. The average Bonchev–Trinajstić information content (AvgIpc) is 2.34. The van der Waals surface area contributed by atoms with Gasteiger partial charge in [0.25, 0.3) is 0 Å². The van der Waals surface area contributed by atoms with Crippen molar-refractivity contribution in [3.63, 3.8) is 0 Å². The van der Waals surface area contributed by atoms with Crippen LogP contribution < -0.4 is 0 Å². The summed E-state index contributed by atoms with van der Waals surface area (Å²) in [4.78, 5) is 4.32. The molecular weight excluding hydrogens is 256 g/mol. The van der Waals surface area contributed by atoms with Gasteiger partial charge in [0.2, 0.25) is 11.8 Å². The lowest BCUT2D eigenvalue weighted by Gasteiger charge is -2.18. The molecule has 1 heterocycles. The lowest BCUT2D eigenvalue weighted by molar-refractivity contribution is 0.126. The third-order valence-corrected chi connectivity index (χ3v) is 2.47. The van der Waals surface area contributed by atoms with E-state index in [9.17, 15) is 5.26 Å². The van der Waals surface area contributed by atoms with E-state index in [1.54, 1.807) is 13.2 Å². The van der Waals surface area contributed by atoms with Gasteiger partial charge in [-0.2, -0.15) is 10.3 Å². The Morgan fingerprint density at radius 2 is 1.90 bits per heavy atom. The van der Waals surface area contributed by atoms with Crippen LogP contribution in [0, 0.1) is 11.3 Å². The quantitative estimate of drug-likeness (QED) is 0.793. The number of ether oxygens (including phenoxy) is 3. The SMILES string of the molecule is COC1\C=C/C(OC(C)C)=N\C(OC(C)C)=C(\C#N)C1. The fraction of sp³-hybridized carbons (Fsp3) is 0.600. The van der Waals surface area contributed by atoms with Gasteiger partial charge >= 0.3 is 0 Å². The van der Waals surface area contributed by atoms with Crippen molar-refractivity contribution >= 4 is 5.90 Å². The Morgan fingerprint density at radius 1 is 1.25 bits per heavy atom. The Labute approximate surface area is 120 Å². The third kappa shape index (κ3) is 5.06. The molecule has 110 valence electrons. The number of aliphatic imine (C=N–C) groups is 1. The van der Waals surface area contributed by atoms with Gasteiger partial charge in [0, 0.05) is 13.5 Å². The van der Waals surface area contributed by atoms with Crippen LogP contribution in [0.15, 0.2) is 28.6 Å². The molecule has 0 saturated heterocycles. The first kappa shape index (κ1) is 16.3. The summed E-state index contributed by atoms with van der Waals surface area (Å²) in [7, 11) is 1.61. The minimum Gasteiger partial charge on any atom is -0.475 e. The molecule has 0 N–H and O–H groups in total. The van der Waals surface area contributed by atoms with Gasteiger partial charge in [0.05, 0.1) is 23.9 Å². The maximum atomic E-state index is 9.30. The van der Waals surface area contributed by atoms with Crippen LogP contribution in [0.5, 0.6) is 0 Å². The van der Waals surface area contributed by atoms with E-state index in [-0.39, 0.29) is 18.3 Å². The van der Waals surface area contributed by atoms with E-state index in [1.807, 2.05) is 33.8 Å². The van der Waals surface area contributed by atoms with E-state index >= 15 is 0 Å². The van der Waals surface area contributed by atoms with Crippen LogP contribution in [0.25, 0.3) is 0 Å². The summed E-state index contributed by atoms with van der Waals surface area (Å²) >= 11 is 0. The van der Waals surface area contributed by atoms with E-state index in [0.717, 1.165) is 0 Å². The van der Waals surface area contributed by atoms with Gasteiger partial charge in [-0.05, 0) is 33.8 Å². The molecule has 1 unspecified atom stereocenters.